The molecule has 0 radical (unpaired) electrons. The van der Waals surface area contributed by atoms with Gasteiger partial charge in [0.1, 0.15) is 17.1 Å². The van der Waals surface area contributed by atoms with E-state index >= 15 is 0 Å². The molecule has 0 unspecified atom stereocenters. The molecule has 0 N–H and O–H groups in total. The van der Waals surface area contributed by atoms with Gasteiger partial charge in [-0.05, 0) is 52.0 Å². The van der Waals surface area contributed by atoms with Crippen molar-refractivity contribution >= 4 is 18.0 Å². The van der Waals surface area contributed by atoms with Crippen LogP contribution in [0.1, 0.15) is 33.3 Å². The van der Waals surface area contributed by atoms with Crippen molar-refractivity contribution in [3.8, 4) is 11.5 Å². The van der Waals surface area contributed by atoms with Crippen molar-refractivity contribution < 1.29 is 28.5 Å². The lowest BCUT2D eigenvalue weighted by molar-refractivity contribution is -0.146. The number of hydrogen-bond acceptors (Lipinski definition) is 6. The minimum absolute atomic E-state index is 0.160. The summed E-state index contributed by atoms with van der Waals surface area (Å²) in [5.74, 6) is -0.327. The lowest BCUT2D eigenvalue weighted by atomic mass is 10.1. The van der Waals surface area contributed by atoms with Gasteiger partial charge in [-0.1, -0.05) is 0 Å². The van der Waals surface area contributed by atoms with Gasteiger partial charge in [0.25, 0.3) is 0 Å². The van der Waals surface area contributed by atoms with Crippen molar-refractivity contribution in [2.24, 2.45) is 0 Å². The number of hydrogen-bond donors (Lipinski definition) is 0. The number of rotatable bonds is 9. The summed E-state index contributed by atoms with van der Waals surface area (Å²) in [6.45, 7) is 8.32. The van der Waals surface area contributed by atoms with Crippen LogP contribution in [0.4, 0.5) is 0 Å². The Morgan fingerprint density at radius 3 is 1.96 bits per heavy atom. The van der Waals surface area contributed by atoms with E-state index in [4.69, 9.17) is 18.9 Å². The number of carbonyl (C=O) groups excluding carboxylic acids is 2. The van der Waals surface area contributed by atoms with E-state index in [1.807, 2.05) is 13.8 Å². The zero-order valence-electron chi connectivity index (χ0n) is 14.6. The molecule has 0 saturated heterocycles. The molecule has 0 aromatic heterocycles. The Morgan fingerprint density at radius 2 is 1.46 bits per heavy atom. The van der Waals surface area contributed by atoms with E-state index in [1.165, 1.54) is 6.08 Å². The van der Waals surface area contributed by atoms with Crippen LogP contribution in [0.25, 0.3) is 6.08 Å². The first kappa shape index (κ1) is 19.5. The van der Waals surface area contributed by atoms with Crippen LogP contribution in [0, 0.1) is 0 Å². The normalized spacial score (nSPS) is 9.83. The summed E-state index contributed by atoms with van der Waals surface area (Å²) in [5, 5.41) is 0. The number of benzene rings is 1. The monoisotopic (exact) mass is 336 g/mol. The average Bonchev–Trinajstić information content (AvgIpc) is 2.55. The smallest absolute Gasteiger partial charge is 0.345 e. The van der Waals surface area contributed by atoms with Crippen molar-refractivity contribution in [1.82, 2.24) is 0 Å². The van der Waals surface area contributed by atoms with E-state index in [-0.39, 0.29) is 18.8 Å². The van der Waals surface area contributed by atoms with Crippen molar-refractivity contribution in [2.45, 2.75) is 27.7 Å². The second-order valence-electron chi connectivity index (χ2n) is 4.56. The maximum atomic E-state index is 12.1. The maximum Gasteiger partial charge on any atom is 0.345 e. The molecule has 132 valence electrons. The zero-order valence-corrected chi connectivity index (χ0v) is 14.6. The second kappa shape index (κ2) is 10.3. The van der Waals surface area contributed by atoms with Gasteiger partial charge < -0.3 is 18.9 Å². The summed E-state index contributed by atoms with van der Waals surface area (Å²) in [5.41, 5.74) is 0.354. The Morgan fingerprint density at radius 1 is 0.875 bits per heavy atom. The quantitative estimate of drug-likeness (QED) is 0.299. The Kier molecular flexibility index (Phi) is 8.39. The number of esters is 2. The number of ether oxygens (including phenoxy) is 4. The lowest BCUT2D eigenvalue weighted by Crippen LogP contribution is -2.18. The van der Waals surface area contributed by atoms with E-state index in [0.717, 1.165) is 0 Å². The summed E-state index contributed by atoms with van der Waals surface area (Å²) >= 11 is 0. The highest BCUT2D eigenvalue weighted by Crippen LogP contribution is 2.27. The Bertz CT molecular complexity index is 571. The zero-order chi connectivity index (χ0) is 17.9. The van der Waals surface area contributed by atoms with Gasteiger partial charge in [0.05, 0.1) is 26.4 Å². The first-order valence-electron chi connectivity index (χ1n) is 8.02. The van der Waals surface area contributed by atoms with Crippen molar-refractivity contribution in [3.05, 3.63) is 29.3 Å². The lowest BCUT2D eigenvalue weighted by Gasteiger charge is -2.12. The summed E-state index contributed by atoms with van der Waals surface area (Å²) in [6.07, 6.45) is 1.41. The van der Waals surface area contributed by atoms with E-state index in [1.54, 1.807) is 32.0 Å². The van der Waals surface area contributed by atoms with Crippen LogP contribution in [0.3, 0.4) is 0 Å². The molecule has 1 rings (SSSR count). The molecule has 24 heavy (non-hydrogen) atoms. The van der Waals surface area contributed by atoms with Crippen molar-refractivity contribution in [3.63, 3.8) is 0 Å². The molecule has 1 aromatic rings. The van der Waals surface area contributed by atoms with Crippen LogP contribution < -0.4 is 9.47 Å². The molecular formula is C18H24O6. The molecule has 0 aliphatic rings. The van der Waals surface area contributed by atoms with Gasteiger partial charge in [0, 0.05) is 5.56 Å². The fourth-order valence-corrected chi connectivity index (χ4v) is 1.96. The van der Waals surface area contributed by atoms with E-state index in [2.05, 4.69) is 0 Å². The van der Waals surface area contributed by atoms with Crippen molar-refractivity contribution in [1.29, 1.82) is 0 Å². The highest BCUT2D eigenvalue weighted by Gasteiger charge is 2.22. The Balaban J connectivity index is 3.33. The number of carbonyl (C=O) groups is 2. The summed E-state index contributed by atoms with van der Waals surface area (Å²) in [7, 11) is 0. The standard InChI is InChI=1S/C18H24O6/c1-5-21-14-9-10-16(22-6-2)13(11-14)12-15(17(19)23-7-3)18(20)24-8-4/h9-12H,5-8H2,1-4H3. The van der Waals surface area contributed by atoms with Crippen LogP contribution in [-0.4, -0.2) is 38.4 Å². The van der Waals surface area contributed by atoms with Gasteiger partial charge in [-0.3, -0.25) is 0 Å². The third kappa shape index (κ3) is 5.61. The van der Waals surface area contributed by atoms with Crippen LogP contribution in [-0.2, 0) is 19.1 Å². The van der Waals surface area contributed by atoms with Crippen molar-refractivity contribution in [2.75, 3.05) is 26.4 Å². The highest BCUT2D eigenvalue weighted by atomic mass is 16.6. The Hall–Kier alpha value is -2.50. The van der Waals surface area contributed by atoms with Gasteiger partial charge in [0.15, 0.2) is 0 Å². The molecule has 0 atom stereocenters. The van der Waals surface area contributed by atoms with Gasteiger partial charge in [-0.15, -0.1) is 0 Å². The minimum atomic E-state index is -0.736. The van der Waals surface area contributed by atoms with Gasteiger partial charge in [-0.25, -0.2) is 9.59 Å². The molecule has 0 bridgehead atoms. The molecule has 1 aromatic carbocycles. The molecule has 0 heterocycles. The molecule has 0 amide bonds. The molecular weight excluding hydrogens is 312 g/mol. The second-order valence-corrected chi connectivity index (χ2v) is 4.56. The molecule has 0 spiro atoms. The Labute approximate surface area is 142 Å². The van der Waals surface area contributed by atoms with Gasteiger partial charge in [0.2, 0.25) is 0 Å². The molecule has 0 fully saturated rings. The van der Waals surface area contributed by atoms with E-state index in [9.17, 15) is 9.59 Å². The summed E-state index contributed by atoms with van der Waals surface area (Å²) in [4.78, 5) is 24.2. The topological polar surface area (TPSA) is 71.1 Å². The van der Waals surface area contributed by atoms with E-state index in [0.29, 0.717) is 30.3 Å². The van der Waals surface area contributed by atoms with Crippen LogP contribution in [0.5, 0.6) is 11.5 Å². The fourth-order valence-electron chi connectivity index (χ4n) is 1.96. The van der Waals surface area contributed by atoms with Crippen LogP contribution >= 0.6 is 0 Å². The minimum Gasteiger partial charge on any atom is -0.494 e. The largest absolute Gasteiger partial charge is 0.494 e. The fraction of sp³-hybridized carbons (Fsp3) is 0.444. The molecule has 6 heteroatoms. The van der Waals surface area contributed by atoms with Crippen LogP contribution in [0.2, 0.25) is 0 Å². The SMILES string of the molecule is CCOC(=O)C(=Cc1cc(OCC)ccc1OCC)C(=O)OCC. The van der Waals surface area contributed by atoms with E-state index < -0.39 is 11.9 Å². The highest BCUT2D eigenvalue weighted by molar-refractivity contribution is 6.17. The summed E-state index contributed by atoms with van der Waals surface area (Å²) in [6, 6.07) is 5.20. The molecule has 0 aliphatic carbocycles. The first-order chi connectivity index (χ1) is 11.6. The average molecular weight is 336 g/mol. The van der Waals surface area contributed by atoms with Crippen LogP contribution in [0.15, 0.2) is 23.8 Å². The molecule has 0 saturated carbocycles. The predicted octanol–water partition coefficient (Wildman–Crippen LogP) is 2.99. The predicted molar refractivity (Wildman–Crippen MR) is 90.0 cm³/mol. The third-order valence-electron chi connectivity index (χ3n) is 2.88. The molecule has 6 nitrogen and oxygen atoms in total. The van der Waals surface area contributed by atoms with Gasteiger partial charge in [-0.2, -0.15) is 0 Å². The van der Waals surface area contributed by atoms with Gasteiger partial charge >= 0.3 is 11.9 Å². The first-order valence-corrected chi connectivity index (χ1v) is 8.02. The maximum absolute atomic E-state index is 12.1. The third-order valence-corrected chi connectivity index (χ3v) is 2.88. The summed E-state index contributed by atoms with van der Waals surface area (Å²) < 4.78 is 20.9. The molecule has 0 aliphatic heterocycles.